The second-order valence-electron chi connectivity index (χ2n) is 5.72. The molecule has 1 atom stereocenters. The molecule has 1 unspecified atom stereocenters. The van der Waals surface area contributed by atoms with Gasteiger partial charge in [0.1, 0.15) is 0 Å². The summed E-state index contributed by atoms with van der Waals surface area (Å²) in [5.41, 5.74) is 7.38. The van der Waals surface area contributed by atoms with E-state index in [1.165, 1.54) is 0 Å². The van der Waals surface area contributed by atoms with Gasteiger partial charge in [-0.05, 0) is 50.7 Å². The van der Waals surface area contributed by atoms with Gasteiger partial charge in [-0.3, -0.25) is 4.79 Å². The fraction of sp³-hybridized carbons (Fsp3) is 0.562. The van der Waals surface area contributed by atoms with Crippen LogP contribution in [-0.4, -0.2) is 44.0 Å². The molecule has 20 heavy (non-hydrogen) atoms. The lowest BCUT2D eigenvalue weighted by atomic mass is 10.0. The van der Waals surface area contributed by atoms with Crippen molar-refractivity contribution in [3.05, 3.63) is 35.4 Å². The molecule has 0 radical (unpaired) electrons. The Hall–Kier alpha value is -1.39. The van der Waals surface area contributed by atoms with E-state index in [2.05, 4.69) is 24.1 Å². The summed E-state index contributed by atoms with van der Waals surface area (Å²) in [6.07, 6.45) is 0.845. The molecule has 112 valence electrons. The molecule has 0 aliphatic heterocycles. The van der Waals surface area contributed by atoms with Crippen molar-refractivity contribution in [2.75, 3.05) is 27.2 Å². The summed E-state index contributed by atoms with van der Waals surface area (Å²) in [6, 6.07) is 8.00. The minimum absolute atomic E-state index is 0.0169. The minimum Gasteiger partial charge on any atom is -0.350 e. The van der Waals surface area contributed by atoms with E-state index >= 15 is 0 Å². The Morgan fingerprint density at radius 2 is 1.85 bits per heavy atom. The van der Waals surface area contributed by atoms with Crippen LogP contribution in [0.25, 0.3) is 0 Å². The quantitative estimate of drug-likeness (QED) is 0.794. The molecule has 0 saturated carbocycles. The van der Waals surface area contributed by atoms with E-state index in [1.807, 2.05) is 38.4 Å². The predicted molar refractivity (Wildman–Crippen MR) is 83.8 cm³/mol. The zero-order chi connectivity index (χ0) is 15.1. The van der Waals surface area contributed by atoms with Crippen LogP contribution in [0.5, 0.6) is 0 Å². The lowest BCUT2D eigenvalue weighted by Gasteiger charge is -2.28. The van der Waals surface area contributed by atoms with Crippen LogP contribution >= 0.6 is 0 Å². The molecule has 0 aliphatic rings. The Labute approximate surface area is 122 Å². The van der Waals surface area contributed by atoms with Crippen molar-refractivity contribution in [2.45, 2.75) is 26.3 Å². The van der Waals surface area contributed by atoms with Gasteiger partial charge in [-0.1, -0.05) is 26.0 Å². The first kappa shape index (κ1) is 16.7. The van der Waals surface area contributed by atoms with Gasteiger partial charge in [0.2, 0.25) is 0 Å². The topological polar surface area (TPSA) is 58.4 Å². The normalized spacial score (nSPS) is 12.8. The van der Waals surface area contributed by atoms with Crippen LogP contribution in [0.1, 0.15) is 29.8 Å². The number of benzene rings is 1. The number of nitrogens with two attached hydrogens (primary N) is 1. The highest BCUT2D eigenvalue weighted by Crippen LogP contribution is 2.08. The molecular weight excluding hydrogens is 250 g/mol. The minimum atomic E-state index is -0.0169. The van der Waals surface area contributed by atoms with E-state index in [1.54, 1.807) is 0 Å². The van der Waals surface area contributed by atoms with E-state index in [0.717, 1.165) is 12.0 Å². The number of nitrogens with zero attached hydrogens (tertiary/aromatic N) is 1. The molecule has 1 amide bonds. The second-order valence-corrected chi connectivity index (χ2v) is 5.72. The Bertz CT molecular complexity index is 404. The number of nitrogens with one attached hydrogen (secondary N) is 1. The summed E-state index contributed by atoms with van der Waals surface area (Å²) >= 11 is 0. The van der Waals surface area contributed by atoms with E-state index in [-0.39, 0.29) is 5.91 Å². The first-order valence-corrected chi connectivity index (χ1v) is 7.19. The molecule has 0 bridgehead atoms. The van der Waals surface area contributed by atoms with Crippen LogP contribution in [0.2, 0.25) is 0 Å². The Morgan fingerprint density at radius 1 is 1.25 bits per heavy atom. The SMILES string of the molecule is CC(C)C(CNC(=O)c1ccc(CCN)cc1)N(C)C. The molecule has 0 fully saturated rings. The Balaban J connectivity index is 2.57. The van der Waals surface area contributed by atoms with Gasteiger partial charge in [0.05, 0.1) is 0 Å². The monoisotopic (exact) mass is 277 g/mol. The maximum absolute atomic E-state index is 12.1. The van der Waals surface area contributed by atoms with Crippen molar-refractivity contribution in [1.29, 1.82) is 0 Å². The fourth-order valence-electron chi connectivity index (χ4n) is 2.30. The van der Waals surface area contributed by atoms with Crippen molar-refractivity contribution in [2.24, 2.45) is 11.7 Å². The van der Waals surface area contributed by atoms with Crippen molar-refractivity contribution < 1.29 is 4.79 Å². The van der Waals surface area contributed by atoms with Crippen molar-refractivity contribution in [3.8, 4) is 0 Å². The number of hydrogen-bond donors (Lipinski definition) is 2. The van der Waals surface area contributed by atoms with Crippen LogP contribution < -0.4 is 11.1 Å². The predicted octanol–water partition coefficient (Wildman–Crippen LogP) is 1.50. The first-order valence-electron chi connectivity index (χ1n) is 7.19. The second kappa shape index (κ2) is 8.02. The molecule has 1 aromatic carbocycles. The molecule has 4 nitrogen and oxygen atoms in total. The molecule has 1 aromatic rings. The highest BCUT2D eigenvalue weighted by molar-refractivity contribution is 5.94. The third kappa shape index (κ3) is 4.94. The molecule has 1 rings (SSSR count). The van der Waals surface area contributed by atoms with Gasteiger partial charge in [-0.2, -0.15) is 0 Å². The highest BCUT2D eigenvalue weighted by atomic mass is 16.1. The standard InChI is InChI=1S/C16H27N3O/c1-12(2)15(19(3)4)11-18-16(20)14-7-5-13(6-8-14)9-10-17/h5-8,12,15H,9-11,17H2,1-4H3,(H,18,20). The molecule has 0 spiro atoms. The largest absolute Gasteiger partial charge is 0.350 e. The molecule has 3 N–H and O–H groups in total. The van der Waals surface area contributed by atoms with Crippen LogP contribution in [-0.2, 0) is 6.42 Å². The lowest BCUT2D eigenvalue weighted by molar-refractivity contribution is 0.0934. The van der Waals surface area contributed by atoms with Gasteiger partial charge in [-0.15, -0.1) is 0 Å². The maximum atomic E-state index is 12.1. The number of rotatable bonds is 7. The lowest BCUT2D eigenvalue weighted by Crippen LogP contribution is -2.43. The van der Waals surface area contributed by atoms with Gasteiger partial charge in [0, 0.05) is 18.2 Å². The van der Waals surface area contributed by atoms with Crippen LogP contribution in [0, 0.1) is 5.92 Å². The third-order valence-corrected chi connectivity index (χ3v) is 3.55. The van der Waals surface area contributed by atoms with Crippen LogP contribution in [0.4, 0.5) is 0 Å². The summed E-state index contributed by atoms with van der Waals surface area (Å²) in [7, 11) is 4.08. The van der Waals surface area contributed by atoms with Gasteiger partial charge < -0.3 is 16.0 Å². The Kier molecular flexibility index (Phi) is 6.68. The maximum Gasteiger partial charge on any atom is 0.251 e. The summed E-state index contributed by atoms with van der Waals surface area (Å²) < 4.78 is 0. The molecule has 4 heteroatoms. The zero-order valence-electron chi connectivity index (χ0n) is 13.0. The summed E-state index contributed by atoms with van der Waals surface area (Å²) in [6.45, 7) is 5.62. The van der Waals surface area contributed by atoms with E-state index < -0.39 is 0 Å². The number of likely N-dealkylation sites (N-methyl/N-ethyl adjacent to an activating group) is 1. The van der Waals surface area contributed by atoms with Gasteiger partial charge >= 0.3 is 0 Å². The molecule has 0 heterocycles. The van der Waals surface area contributed by atoms with Crippen molar-refractivity contribution >= 4 is 5.91 Å². The highest BCUT2D eigenvalue weighted by Gasteiger charge is 2.16. The van der Waals surface area contributed by atoms with Gasteiger partial charge in [-0.25, -0.2) is 0 Å². The average Bonchev–Trinajstić information content (AvgIpc) is 2.39. The summed E-state index contributed by atoms with van der Waals surface area (Å²) in [4.78, 5) is 14.3. The number of carbonyl (C=O) groups is 1. The Morgan fingerprint density at radius 3 is 2.30 bits per heavy atom. The summed E-state index contributed by atoms with van der Waals surface area (Å²) in [5, 5.41) is 3.01. The smallest absolute Gasteiger partial charge is 0.251 e. The molecular formula is C16H27N3O. The van der Waals surface area contributed by atoms with Crippen LogP contribution in [0.3, 0.4) is 0 Å². The number of hydrogen-bond acceptors (Lipinski definition) is 3. The molecule has 0 aliphatic carbocycles. The van der Waals surface area contributed by atoms with E-state index in [0.29, 0.717) is 30.6 Å². The van der Waals surface area contributed by atoms with E-state index in [4.69, 9.17) is 5.73 Å². The average molecular weight is 277 g/mol. The van der Waals surface area contributed by atoms with Crippen LogP contribution in [0.15, 0.2) is 24.3 Å². The number of amides is 1. The van der Waals surface area contributed by atoms with E-state index in [9.17, 15) is 4.79 Å². The third-order valence-electron chi connectivity index (χ3n) is 3.55. The fourth-order valence-corrected chi connectivity index (χ4v) is 2.30. The van der Waals surface area contributed by atoms with Gasteiger partial charge in [0.25, 0.3) is 5.91 Å². The van der Waals surface area contributed by atoms with Gasteiger partial charge in [0.15, 0.2) is 0 Å². The molecule has 0 aromatic heterocycles. The van der Waals surface area contributed by atoms with Crippen molar-refractivity contribution in [3.63, 3.8) is 0 Å². The summed E-state index contributed by atoms with van der Waals surface area (Å²) in [5.74, 6) is 0.481. The van der Waals surface area contributed by atoms with Crippen molar-refractivity contribution in [1.82, 2.24) is 10.2 Å². The zero-order valence-corrected chi connectivity index (χ0v) is 13.0. The number of carbonyl (C=O) groups excluding carboxylic acids is 1. The first-order chi connectivity index (χ1) is 9.45. The molecule has 0 saturated heterocycles.